The molecule has 0 aliphatic carbocycles. The topological polar surface area (TPSA) is 68.0 Å². The fraction of sp³-hybridized carbons (Fsp3) is 0.227. The molecule has 0 saturated carbocycles. The van der Waals surface area contributed by atoms with Gasteiger partial charge in [0.2, 0.25) is 0 Å². The molecule has 0 fully saturated rings. The smallest absolute Gasteiger partial charge is 0.190 e. The van der Waals surface area contributed by atoms with Gasteiger partial charge in [-0.1, -0.05) is 18.2 Å². The predicted molar refractivity (Wildman–Crippen MR) is 113 cm³/mol. The first-order valence-corrected chi connectivity index (χ1v) is 9.49. The van der Waals surface area contributed by atoms with Crippen LogP contribution < -0.4 is 10.6 Å². The lowest BCUT2D eigenvalue weighted by molar-refractivity contribution is 0.629. The molecule has 4 aromatic rings. The number of fused-ring (bicyclic) bond motifs is 2. The average Bonchev–Trinajstić information content (AvgIpc) is 3.31. The highest BCUT2D eigenvalue weighted by Crippen LogP contribution is 2.19. The van der Waals surface area contributed by atoms with E-state index in [9.17, 15) is 4.39 Å². The number of nitrogens with zero attached hydrogens (tertiary/aromatic N) is 1. The molecule has 0 aliphatic heterocycles. The van der Waals surface area contributed by atoms with Crippen molar-refractivity contribution in [2.24, 2.45) is 4.99 Å². The molecular formula is C22H24FN5. The highest BCUT2D eigenvalue weighted by Gasteiger charge is 2.06. The van der Waals surface area contributed by atoms with E-state index >= 15 is 0 Å². The first-order chi connectivity index (χ1) is 13.7. The van der Waals surface area contributed by atoms with E-state index in [-0.39, 0.29) is 5.82 Å². The van der Waals surface area contributed by atoms with Crippen LogP contribution in [0.25, 0.3) is 21.8 Å². The summed E-state index contributed by atoms with van der Waals surface area (Å²) in [5.41, 5.74) is 4.45. The molecule has 2 heterocycles. The second-order valence-corrected chi connectivity index (χ2v) is 6.79. The zero-order valence-electron chi connectivity index (χ0n) is 15.8. The van der Waals surface area contributed by atoms with Crippen molar-refractivity contribution in [2.45, 2.75) is 12.8 Å². The fourth-order valence-corrected chi connectivity index (χ4v) is 3.56. The van der Waals surface area contributed by atoms with Crippen molar-refractivity contribution >= 4 is 27.8 Å². The Morgan fingerprint density at radius 2 is 1.54 bits per heavy atom. The van der Waals surface area contributed by atoms with Gasteiger partial charge in [-0.25, -0.2) is 4.39 Å². The maximum atomic E-state index is 13.3. The Balaban J connectivity index is 1.28. The van der Waals surface area contributed by atoms with Crippen LogP contribution in [0.1, 0.15) is 11.1 Å². The van der Waals surface area contributed by atoms with E-state index < -0.39 is 0 Å². The molecule has 0 saturated heterocycles. The first kappa shape index (κ1) is 18.1. The summed E-state index contributed by atoms with van der Waals surface area (Å²) in [6, 6.07) is 13.2. The van der Waals surface area contributed by atoms with Crippen molar-refractivity contribution in [3.63, 3.8) is 0 Å². The molecule has 0 spiro atoms. The van der Waals surface area contributed by atoms with Gasteiger partial charge < -0.3 is 20.6 Å². The monoisotopic (exact) mass is 377 g/mol. The molecule has 2 aromatic carbocycles. The summed E-state index contributed by atoms with van der Waals surface area (Å²) in [6.07, 6.45) is 5.76. The van der Waals surface area contributed by atoms with Crippen LogP contribution in [0.15, 0.2) is 59.9 Å². The molecule has 2 aromatic heterocycles. The number of guanidine groups is 1. The Morgan fingerprint density at radius 3 is 2.25 bits per heavy atom. The van der Waals surface area contributed by atoms with E-state index in [1.54, 1.807) is 7.05 Å². The van der Waals surface area contributed by atoms with Crippen LogP contribution in [-0.4, -0.2) is 36.1 Å². The summed E-state index contributed by atoms with van der Waals surface area (Å²) >= 11 is 0. The van der Waals surface area contributed by atoms with Gasteiger partial charge in [-0.2, -0.15) is 0 Å². The number of aliphatic imine (C=N–C) groups is 1. The summed E-state index contributed by atoms with van der Waals surface area (Å²) in [4.78, 5) is 10.7. The van der Waals surface area contributed by atoms with Crippen LogP contribution >= 0.6 is 0 Å². The van der Waals surface area contributed by atoms with Crippen LogP contribution in [0.4, 0.5) is 4.39 Å². The molecule has 0 bridgehead atoms. The minimum Gasteiger partial charge on any atom is -0.361 e. The number of aromatic amines is 2. The number of aromatic nitrogens is 2. The maximum absolute atomic E-state index is 13.3. The Bertz CT molecular complexity index is 1110. The van der Waals surface area contributed by atoms with Gasteiger partial charge in [-0.3, -0.25) is 4.99 Å². The Morgan fingerprint density at radius 1 is 0.893 bits per heavy atom. The zero-order valence-corrected chi connectivity index (χ0v) is 15.8. The molecule has 144 valence electrons. The molecule has 0 radical (unpaired) electrons. The fourth-order valence-electron chi connectivity index (χ4n) is 3.56. The zero-order chi connectivity index (χ0) is 19.3. The van der Waals surface area contributed by atoms with Crippen LogP contribution in [0.5, 0.6) is 0 Å². The average molecular weight is 377 g/mol. The maximum Gasteiger partial charge on any atom is 0.190 e. The first-order valence-electron chi connectivity index (χ1n) is 9.49. The van der Waals surface area contributed by atoms with Crippen molar-refractivity contribution < 1.29 is 4.39 Å². The molecule has 4 N–H and O–H groups in total. The lowest BCUT2D eigenvalue weighted by Gasteiger charge is -2.11. The van der Waals surface area contributed by atoms with Crippen LogP contribution in [0.2, 0.25) is 0 Å². The van der Waals surface area contributed by atoms with Gasteiger partial charge >= 0.3 is 0 Å². The molecule has 0 amide bonds. The number of benzene rings is 2. The van der Waals surface area contributed by atoms with Crippen molar-refractivity contribution in [3.05, 3.63) is 71.8 Å². The third kappa shape index (κ3) is 3.86. The number of H-pyrrole nitrogens is 2. The second kappa shape index (κ2) is 8.17. The molecule has 0 aliphatic rings. The van der Waals surface area contributed by atoms with Gasteiger partial charge in [0, 0.05) is 54.3 Å². The largest absolute Gasteiger partial charge is 0.361 e. The van der Waals surface area contributed by atoms with Crippen molar-refractivity contribution in [1.29, 1.82) is 0 Å². The van der Waals surface area contributed by atoms with Gasteiger partial charge in [-0.15, -0.1) is 0 Å². The summed E-state index contributed by atoms with van der Waals surface area (Å²) in [5.74, 6) is 0.560. The van der Waals surface area contributed by atoms with Gasteiger partial charge in [0.1, 0.15) is 5.82 Å². The summed E-state index contributed by atoms with van der Waals surface area (Å²) in [7, 11) is 1.77. The number of rotatable bonds is 6. The van der Waals surface area contributed by atoms with E-state index in [4.69, 9.17) is 0 Å². The predicted octanol–water partition coefficient (Wildman–Crippen LogP) is 3.74. The number of hydrogen-bond donors (Lipinski definition) is 4. The number of halogens is 1. The lowest BCUT2D eigenvalue weighted by Crippen LogP contribution is -2.39. The highest BCUT2D eigenvalue weighted by atomic mass is 19.1. The van der Waals surface area contributed by atoms with Crippen molar-refractivity contribution in [3.8, 4) is 0 Å². The van der Waals surface area contributed by atoms with E-state index in [1.807, 2.05) is 18.3 Å². The van der Waals surface area contributed by atoms with Crippen LogP contribution in [0.3, 0.4) is 0 Å². The standard InChI is InChI=1S/C22H24FN5/c1-24-22(25-10-8-15-13-27-20-5-3-2-4-18(15)20)26-11-9-16-14-28-21-12-17(23)6-7-19(16)21/h2-7,12-14,27-28H,8-11H2,1H3,(H2,24,25,26). The third-order valence-electron chi connectivity index (χ3n) is 5.00. The Hall–Kier alpha value is -3.28. The van der Waals surface area contributed by atoms with Gasteiger partial charge in [0.25, 0.3) is 0 Å². The molecule has 6 heteroatoms. The van der Waals surface area contributed by atoms with Gasteiger partial charge in [-0.05, 0) is 48.2 Å². The number of hydrogen-bond acceptors (Lipinski definition) is 1. The van der Waals surface area contributed by atoms with Crippen molar-refractivity contribution in [1.82, 2.24) is 20.6 Å². The van der Waals surface area contributed by atoms with Gasteiger partial charge in [0.05, 0.1) is 0 Å². The Labute approximate surface area is 163 Å². The summed E-state index contributed by atoms with van der Waals surface area (Å²) in [5, 5.41) is 9.04. The number of para-hydroxylation sites is 1. The van der Waals surface area contributed by atoms with E-state index in [0.717, 1.165) is 48.4 Å². The quantitative estimate of drug-likeness (QED) is 0.305. The highest BCUT2D eigenvalue weighted by molar-refractivity contribution is 5.84. The molecule has 0 atom stereocenters. The van der Waals surface area contributed by atoms with E-state index in [1.165, 1.54) is 28.6 Å². The third-order valence-corrected chi connectivity index (χ3v) is 5.00. The second-order valence-electron chi connectivity index (χ2n) is 6.79. The molecule has 0 unspecified atom stereocenters. The minimum absolute atomic E-state index is 0.223. The molecule has 4 rings (SSSR count). The SMILES string of the molecule is CN=C(NCCc1c[nH]c2ccccc12)NCCc1c[nH]c2cc(F)ccc12. The van der Waals surface area contributed by atoms with E-state index in [0.29, 0.717) is 0 Å². The summed E-state index contributed by atoms with van der Waals surface area (Å²) < 4.78 is 13.3. The van der Waals surface area contributed by atoms with Gasteiger partial charge in [0.15, 0.2) is 5.96 Å². The van der Waals surface area contributed by atoms with Crippen LogP contribution in [-0.2, 0) is 12.8 Å². The normalized spacial score (nSPS) is 12.0. The molecular weight excluding hydrogens is 353 g/mol. The Kier molecular flexibility index (Phi) is 5.28. The molecule has 5 nitrogen and oxygen atoms in total. The number of nitrogens with one attached hydrogen (secondary N) is 4. The van der Waals surface area contributed by atoms with Crippen LogP contribution in [0, 0.1) is 5.82 Å². The lowest BCUT2D eigenvalue weighted by atomic mass is 10.1. The van der Waals surface area contributed by atoms with E-state index in [2.05, 4.69) is 50.0 Å². The summed E-state index contributed by atoms with van der Waals surface area (Å²) in [6.45, 7) is 1.55. The van der Waals surface area contributed by atoms with Crippen molar-refractivity contribution in [2.75, 3.05) is 20.1 Å². The molecule has 28 heavy (non-hydrogen) atoms. The minimum atomic E-state index is -0.223.